The number of amides is 1. The molecule has 3 atom stereocenters. The third-order valence-electron chi connectivity index (χ3n) is 5.22. The normalized spacial score (nSPS) is 25.3. The standard InChI is InChI=1S/C18H21F3N4O2/c1-3-17(26)22-9-12-8-15-16(11-23(2)25(15)27)24(10-12)14-6-4-13(5-7-14)18(19,20)21/h3-7,12,15-16H,1,8-11H2,2H3/p+1. The molecular weight excluding hydrogens is 361 g/mol. The first kappa shape index (κ1) is 19.2. The number of hydrogen-bond acceptors (Lipinski definition) is 3. The predicted octanol–water partition coefficient (Wildman–Crippen LogP) is 2.21. The first-order valence-electron chi connectivity index (χ1n) is 8.72. The number of nitrogens with zero attached hydrogens (tertiary/aromatic N) is 3. The van der Waals surface area contributed by atoms with Gasteiger partial charge in [-0.25, -0.2) is 0 Å². The van der Waals surface area contributed by atoms with Crippen molar-refractivity contribution < 1.29 is 22.8 Å². The quantitative estimate of drug-likeness (QED) is 0.640. The molecule has 2 aliphatic rings. The molecular formula is C18H22F3N4O2+. The summed E-state index contributed by atoms with van der Waals surface area (Å²) in [4.78, 5) is 26.8. The number of fused-ring (bicyclic) bond motifs is 1. The number of hydrogen-bond donors (Lipinski definition) is 1. The van der Waals surface area contributed by atoms with Gasteiger partial charge in [0.2, 0.25) is 5.91 Å². The van der Waals surface area contributed by atoms with Gasteiger partial charge in [-0.2, -0.15) is 13.2 Å². The molecule has 0 aromatic heterocycles. The third kappa shape index (κ3) is 3.91. The summed E-state index contributed by atoms with van der Waals surface area (Å²) in [5.41, 5.74) is -0.0648. The van der Waals surface area contributed by atoms with Gasteiger partial charge in [0.15, 0.2) is 0 Å². The predicted molar refractivity (Wildman–Crippen MR) is 93.9 cm³/mol. The number of nitroso groups, excluding NO2 is 1. The maximum atomic E-state index is 12.8. The number of anilines is 1. The molecule has 1 N–H and O–H groups in total. The molecule has 6 nitrogen and oxygen atoms in total. The monoisotopic (exact) mass is 383 g/mol. The Morgan fingerprint density at radius 3 is 2.59 bits per heavy atom. The van der Waals surface area contributed by atoms with E-state index >= 15 is 0 Å². The van der Waals surface area contributed by atoms with Crippen molar-refractivity contribution in [3.05, 3.63) is 47.4 Å². The van der Waals surface area contributed by atoms with Gasteiger partial charge in [0.05, 0.1) is 17.5 Å². The lowest BCUT2D eigenvalue weighted by atomic mass is 9.88. The Morgan fingerprint density at radius 2 is 2.00 bits per heavy atom. The van der Waals surface area contributed by atoms with Crippen molar-refractivity contribution in [1.29, 1.82) is 0 Å². The van der Waals surface area contributed by atoms with E-state index in [1.165, 1.54) is 18.2 Å². The lowest BCUT2D eigenvalue weighted by Gasteiger charge is -2.38. The lowest BCUT2D eigenvalue weighted by Crippen LogP contribution is -2.54. The molecule has 146 valence electrons. The fraction of sp³-hybridized carbons (Fsp3) is 0.500. The molecule has 0 saturated carbocycles. The summed E-state index contributed by atoms with van der Waals surface area (Å²) in [6.07, 6.45) is -2.60. The average molecular weight is 383 g/mol. The van der Waals surface area contributed by atoms with Crippen LogP contribution in [0.1, 0.15) is 12.0 Å². The molecule has 2 saturated heterocycles. The lowest BCUT2D eigenvalue weighted by molar-refractivity contribution is -0.707. The van der Waals surface area contributed by atoms with Crippen LogP contribution in [0.4, 0.5) is 18.9 Å². The minimum atomic E-state index is -4.39. The molecule has 27 heavy (non-hydrogen) atoms. The number of benzene rings is 1. The van der Waals surface area contributed by atoms with Gasteiger partial charge in [-0.15, -0.1) is 5.01 Å². The number of alkyl halides is 3. The molecule has 2 fully saturated rings. The van der Waals surface area contributed by atoms with Crippen LogP contribution < -0.4 is 10.2 Å². The largest absolute Gasteiger partial charge is 0.416 e. The SMILES string of the molecule is C=CC(=O)NCC1CC2C(CN(C)[N+]2=O)N(c2ccc(C(F)(F)F)cc2)C1. The van der Waals surface area contributed by atoms with Crippen molar-refractivity contribution in [3.8, 4) is 0 Å². The highest BCUT2D eigenvalue weighted by molar-refractivity contribution is 5.86. The summed E-state index contributed by atoms with van der Waals surface area (Å²) in [6.45, 7) is 4.84. The summed E-state index contributed by atoms with van der Waals surface area (Å²) in [5.74, 6) is -0.291. The van der Waals surface area contributed by atoms with Crippen LogP contribution in [0.3, 0.4) is 0 Å². The maximum Gasteiger partial charge on any atom is 0.416 e. The Kier molecular flexibility index (Phi) is 5.12. The summed E-state index contributed by atoms with van der Waals surface area (Å²) in [5, 5.41) is 4.32. The molecule has 3 unspecified atom stereocenters. The Hall–Kier alpha value is -2.58. The number of carbonyl (C=O) groups is 1. The topological polar surface area (TPSA) is 55.7 Å². The summed E-state index contributed by atoms with van der Waals surface area (Å²) < 4.78 is 38.5. The van der Waals surface area contributed by atoms with Gasteiger partial charge in [0.1, 0.15) is 17.5 Å². The van der Waals surface area contributed by atoms with Gasteiger partial charge in [-0.3, -0.25) is 4.79 Å². The number of carbonyl (C=O) groups excluding carboxylic acids is 1. The molecule has 0 aliphatic carbocycles. The van der Waals surface area contributed by atoms with Gasteiger partial charge in [0, 0.05) is 31.1 Å². The van der Waals surface area contributed by atoms with Gasteiger partial charge in [0.25, 0.3) is 6.04 Å². The Balaban J connectivity index is 1.83. The molecule has 2 heterocycles. The van der Waals surface area contributed by atoms with Crippen LogP contribution in [0.2, 0.25) is 0 Å². The fourth-order valence-electron chi connectivity index (χ4n) is 3.86. The first-order valence-corrected chi connectivity index (χ1v) is 8.72. The van der Waals surface area contributed by atoms with E-state index in [9.17, 15) is 22.9 Å². The summed E-state index contributed by atoms with van der Waals surface area (Å²) in [7, 11) is 1.70. The number of piperidine rings is 1. The van der Waals surface area contributed by atoms with Crippen LogP contribution in [0, 0.1) is 10.8 Å². The zero-order chi connectivity index (χ0) is 19.8. The van der Waals surface area contributed by atoms with E-state index < -0.39 is 11.7 Å². The molecule has 0 radical (unpaired) electrons. The first-order chi connectivity index (χ1) is 12.7. The van der Waals surface area contributed by atoms with Crippen LogP contribution in [0.5, 0.6) is 0 Å². The van der Waals surface area contributed by atoms with E-state index in [0.29, 0.717) is 31.7 Å². The van der Waals surface area contributed by atoms with E-state index in [1.54, 1.807) is 12.1 Å². The van der Waals surface area contributed by atoms with Crippen LogP contribution in [0.15, 0.2) is 36.9 Å². The van der Waals surface area contributed by atoms with Crippen molar-refractivity contribution in [1.82, 2.24) is 10.3 Å². The minimum absolute atomic E-state index is 0.000364. The summed E-state index contributed by atoms with van der Waals surface area (Å²) in [6, 6.07) is 4.57. The zero-order valence-electron chi connectivity index (χ0n) is 14.9. The molecule has 1 amide bonds. The third-order valence-corrected chi connectivity index (χ3v) is 5.22. The second-order valence-electron chi connectivity index (χ2n) is 7.03. The highest BCUT2D eigenvalue weighted by atomic mass is 19.4. The average Bonchev–Trinajstić information content (AvgIpc) is 2.93. The minimum Gasteiger partial charge on any atom is -0.360 e. The second-order valence-corrected chi connectivity index (χ2v) is 7.03. The highest BCUT2D eigenvalue weighted by Gasteiger charge is 2.53. The molecule has 0 spiro atoms. The van der Waals surface area contributed by atoms with Gasteiger partial charge >= 0.3 is 6.18 Å². The van der Waals surface area contributed by atoms with E-state index in [1.807, 2.05) is 4.90 Å². The molecule has 9 heteroatoms. The van der Waals surface area contributed by atoms with Crippen molar-refractivity contribution in [2.75, 3.05) is 31.6 Å². The van der Waals surface area contributed by atoms with E-state index in [0.717, 1.165) is 17.0 Å². The van der Waals surface area contributed by atoms with Crippen LogP contribution in [0.25, 0.3) is 0 Å². The van der Waals surface area contributed by atoms with E-state index in [4.69, 9.17) is 0 Å². The van der Waals surface area contributed by atoms with E-state index in [2.05, 4.69) is 11.9 Å². The number of rotatable bonds is 4. The Bertz CT molecular complexity index is 735. The highest BCUT2D eigenvalue weighted by Crippen LogP contribution is 2.35. The van der Waals surface area contributed by atoms with Crippen molar-refractivity contribution in [2.24, 2.45) is 5.92 Å². The molecule has 2 aliphatic heterocycles. The zero-order valence-corrected chi connectivity index (χ0v) is 14.9. The number of nitrogens with one attached hydrogen (secondary N) is 1. The Morgan fingerprint density at radius 1 is 1.33 bits per heavy atom. The van der Waals surface area contributed by atoms with Crippen LogP contribution in [-0.4, -0.2) is 54.6 Å². The molecule has 0 bridgehead atoms. The van der Waals surface area contributed by atoms with E-state index in [-0.39, 0.29) is 23.9 Å². The molecule has 1 aromatic rings. The summed E-state index contributed by atoms with van der Waals surface area (Å²) >= 11 is 0. The van der Waals surface area contributed by atoms with Crippen LogP contribution >= 0.6 is 0 Å². The van der Waals surface area contributed by atoms with Crippen LogP contribution in [-0.2, 0) is 11.0 Å². The van der Waals surface area contributed by atoms with Crippen molar-refractivity contribution in [2.45, 2.75) is 24.7 Å². The second kappa shape index (κ2) is 7.21. The van der Waals surface area contributed by atoms with Gasteiger partial charge in [-0.05, 0) is 30.3 Å². The van der Waals surface area contributed by atoms with Crippen molar-refractivity contribution in [3.63, 3.8) is 0 Å². The molecule has 3 rings (SSSR count). The Labute approximate surface area is 155 Å². The number of likely N-dealkylation sites (N-methyl/N-ethyl adjacent to an activating group) is 1. The van der Waals surface area contributed by atoms with Crippen molar-refractivity contribution >= 4 is 11.6 Å². The maximum absolute atomic E-state index is 12.8. The number of hydrazine groups is 1. The molecule has 1 aromatic carbocycles. The van der Waals surface area contributed by atoms with Gasteiger partial charge < -0.3 is 10.2 Å². The van der Waals surface area contributed by atoms with Gasteiger partial charge in [-0.1, -0.05) is 6.58 Å². The fourth-order valence-corrected chi connectivity index (χ4v) is 3.86. The smallest absolute Gasteiger partial charge is 0.360 e. The number of halogens is 3.